The summed E-state index contributed by atoms with van der Waals surface area (Å²) < 4.78 is 10.5. The van der Waals surface area contributed by atoms with Gasteiger partial charge in [0.1, 0.15) is 0 Å². The lowest BCUT2D eigenvalue weighted by Gasteiger charge is -2.29. The smallest absolute Gasteiger partial charge is 0.281 e. The van der Waals surface area contributed by atoms with Crippen LogP contribution in [0.4, 0.5) is 0 Å². The van der Waals surface area contributed by atoms with Crippen molar-refractivity contribution in [1.82, 2.24) is 5.32 Å². The molecule has 3 rings (SSSR count). The Balaban J connectivity index is 1.93. The molecule has 6 heteroatoms. The molecule has 1 N–H and O–H groups in total. The monoisotopic (exact) mass is 366 g/mol. The van der Waals surface area contributed by atoms with Crippen molar-refractivity contribution in [3.63, 3.8) is 0 Å². The van der Waals surface area contributed by atoms with Gasteiger partial charge in [-0.2, -0.15) is 0 Å². The highest BCUT2D eigenvalue weighted by Gasteiger charge is 2.29. The van der Waals surface area contributed by atoms with E-state index < -0.39 is 5.91 Å². The first-order chi connectivity index (χ1) is 13.0. The third-order valence-corrected chi connectivity index (χ3v) is 4.79. The minimum atomic E-state index is -0.440. The van der Waals surface area contributed by atoms with Crippen molar-refractivity contribution in [1.29, 1.82) is 0 Å². The van der Waals surface area contributed by atoms with Gasteiger partial charge in [0.2, 0.25) is 0 Å². The minimum absolute atomic E-state index is 0.0121. The molecule has 0 spiro atoms. The van der Waals surface area contributed by atoms with Gasteiger partial charge >= 0.3 is 0 Å². The summed E-state index contributed by atoms with van der Waals surface area (Å²) in [6, 6.07) is 5.06. The van der Waals surface area contributed by atoms with Crippen molar-refractivity contribution >= 4 is 17.5 Å². The fourth-order valence-corrected chi connectivity index (χ4v) is 3.40. The fraction of sp³-hybridized carbons (Fsp3) is 0.286. The number of carbonyl (C=O) groups excluding carboxylic acids is 2. The van der Waals surface area contributed by atoms with Crippen LogP contribution in [0.5, 0.6) is 11.5 Å². The quantitative estimate of drug-likeness (QED) is 0.888. The maximum Gasteiger partial charge on any atom is 0.281 e. The van der Waals surface area contributed by atoms with E-state index in [-0.39, 0.29) is 11.8 Å². The van der Waals surface area contributed by atoms with Gasteiger partial charge in [-0.1, -0.05) is 24.6 Å². The van der Waals surface area contributed by atoms with Crippen molar-refractivity contribution in [2.45, 2.75) is 20.3 Å². The number of hydrogen-bond acceptors (Lipinski definition) is 4. The van der Waals surface area contributed by atoms with Gasteiger partial charge in [0, 0.05) is 17.2 Å². The van der Waals surface area contributed by atoms with Gasteiger partial charge in [0.05, 0.1) is 25.5 Å². The number of carbonyl (C=O) groups is 2. The number of rotatable bonds is 4. The highest BCUT2D eigenvalue weighted by Crippen LogP contribution is 2.33. The molecule has 1 aromatic rings. The largest absolute Gasteiger partial charge is 0.493 e. The number of allylic oxidation sites excluding steroid dienone is 3. The van der Waals surface area contributed by atoms with E-state index in [9.17, 15) is 9.59 Å². The Kier molecular flexibility index (Phi) is 5.26. The van der Waals surface area contributed by atoms with Crippen LogP contribution in [0, 0.1) is 5.92 Å². The van der Waals surface area contributed by atoms with Gasteiger partial charge in [-0.3, -0.25) is 9.59 Å². The Hall–Kier alpha value is -3.15. The minimum Gasteiger partial charge on any atom is -0.493 e. The molecule has 1 heterocycles. The van der Waals surface area contributed by atoms with Crippen LogP contribution in [0.15, 0.2) is 58.3 Å². The zero-order valence-corrected chi connectivity index (χ0v) is 15.8. The second-order valence-electron chi connectivity index (χ2n) is 6.29. The molecule has 27 heavy (non-hydrogen) atoms. The van der Waals surface area contributed by atoms with Gasteiger partial charge in [-0.15, -0.1) is 0 Å². The van der Waals surface area contributed by atoms with Crippen LogP contribution in [-0.4, -0.2) is 31.7 Å². The third kappa shape index (κ3) is 3.43. The number of benzene rings is 1. The number of fused-ring (bicyclic) bond motifs is 1. The fourth-order valence-electron chi connectivity index (χ4n) is 3.40. The lowest BCUT2D eigenvalue weighted by Crippen LogP contribution is -2.36. The summed E-state index contributed by atoms with van der Waals surface area (Å²) >= 11 is 0. The van der Waals surface area contributed by atoms with E-state index in [0.717, 1.165) is 16.8 Å². The average Bonchev–Trinajstić information content (AvgIpc) is 2.67. The lowest BCUT2D eigenvalue weighted by molar-refractivity contribution is -0.117. The van der Waals surface area contributed by atoms with E-state index in [1.165, 1.54) is 14.2 Å². The molecule has 1 aliphatic heterocycles. The van der Waals surface area contributed by atoms with Crippen LogP contribution in [0.1, 0.15) is 30.6 Å². The summed E-state index contributed by atoms with van der Waals surface area (Å²) in [5, 5.41) is 2.91. The first-order valence-corrected chi connectivity index (χ1v) is 8.74. The number of nitrogens with zero attached hydrogens (tertiary/aromatic N) is 1. The molecule has 2 aliphatic rings. The van der Waals surface area contributed by atoms with Crippen molar-refractivity contribution in [3.8, 4) is 11.5 Å². The predicted molar refractivity (Wildman–Crippen MR) is 103 cm³/mol. The Morgan fingerprint density at radius 2 is 2.04 bits per heavy atom. The van der Waals surface area contributed by atoms with Gasteiger partial charge in [-0.25, -0.2) is 4.99 Å². The summed E-state index contributed by atoms with van der Waals surface area (Å²) in [6.07, 6.45) is 6.18. The van der Waals surface area contributed by atoms with Gasteiger partial charge in [-0.05, 0) is 37.6 Å². The van der Waals surface area contributed by atoms with Crippen LogP contribution in [0.25, 0.3) is 0 Å². The van der Waals surface area contributed by atoms with Crippen LogP contribution >= 0.6 is 0 Å². The van der Waals surface area contributed by atoms with E-state index in [0.29, 0.717) is 29.2 Å². The molecular formula is C21H22N2O4. The van der Waals surface area contributed by atoms with E-state index >= 15 is 0 Å². The van der Waals surface area contributed by atoms with E-state index in [4.69, 9.17) is 9.47 Å². The number of ether oxygens (including phenoxy) is 2. The maximum absolute atomic E-state index is 12.7. The molecule has 0 radical (unpaired) electrons. The molecule has 2 amide bonds. The van der Waals surface area contributed by atoms with E-state index in [2.05, 4.69) is 10.3 Å². The molecule has 1 aliphatic carbocycles. The summed E-state index contributed by atoms with van der Waals surface area (Å²) in [6.45, 7) is 3.93. The molecule has 1 unspecified atom stereocenters. The second-order valence-corrected chi connectivity index (χ2v) is 6.29. The SMILES string of the molecule is CCC1=C(C)C2C=CC(=NC(=O)c3cccc(OC)c3OC)C=C2NC1=O. The molecule has 0 aromatic heterocycles. The zero-order valence-electron chi connectivity index (χ0n) is 15.8. The number of hydrogen-bond donors (Lipinski definition) is 1. The summed E-state index contributed by atoms with van der Waals surface area (Å²) in [5.74, 6) is 0.293. The van der Waals surface area contributed by atoms with Crippen LogP contribution in [0.3, 0.4) is 0 Å². The molecular weight excluding hydrogens is 344 g/mol. The molecule has 1 aromatic carbocycles. The topological polar surface area (TPSA) is 77.0 Å². The molecule has 0 fully saturated rings. The normalized spacial score (nSPS) is 20.1. The zero-order chi connectivity index (χ0) is 19.6. The number of para-hydroxylation sites is 1. The number of nitrogens with one attached hydrogen (secondary N) is 1. The summed E-state index contributed by atoms with van der Waals surface area (Å²) in [7, 11) is 2.99. The Morgan fingerprint density at radius 3 is 2.70 bits per heavy atom. The molecule has 1 atom stereocenters. The third-order valence-electron chi connectivity index (χ3n) is 4.79. The summed E-state index contributed by atoms with van der Waals surface area (Å²) in [4.78, 5) is 29.1. The summed E-state index contributed by atoms with van der Waals surface area (Å²) in [5.41, 5.74) is 3.36. The number of amides is 2. The van der Waals surface area contributed by atoms with Crippen molar-refractivity contribution in [2.24, 2.45) is 10.9 Å². The molecule has 140 valence electrons. The van der Waals surface area contributed by atoms with Crippen molar-refractivity contribution in [3.05, 3.63) is 58.8 Å². The van der Waals surface area contributed by atoms with Crippen LogP contribution in [-0.2, 0) is 4.79 Å². The average molecular weight is 366 g/mol. The van der Waals surface area contributed by atoms with E-state index in [1.54, 1.807) is 30.4 Å². The Labute approximate surface area is 158 Å². The number of aliphatic imine (C=N–C) groups is 1. The highest BCUT2D eigenvalue weighted by molar-refractivity contribution is 6.15. The Morgan fingerprint density at radius 1 is 1.26 bits per heavy atom. The van der Waals surface area contributed by atoms with Crippen molar-refractivity contribution in [2.75, 3.05) is 14.2 Å². The Bertz CT molecular complexity index is 922. The van der Waals surface area contributed by atoms with Gasteiger partial charge < -0.3 is 14.8 Å². The first-order valence-electron chi connectivity index (χ1n) is 8.74. The van der Waals surface area contributed by atoms with Crippen LogP contribution < -0.4 is 14.8 Å². The van der Waals surface area contributed by atoms with E-state index in [1.807, 2.05) is 19.9 Å². The number of methoxy groups -OCH3 is 2. The molecule has 6 nitrogen and oxygen atoms in total. The van der Waals surface area contributed by atoms with Gasteiger partial charge in [0.15, 0.2) is 11.5 Å². The molecule has 0 saturated heterocycles. The first kappa shape index (κ1) is 18.6. The highest BCUT2D eigenvalue weighted by atomic mass is 16.5. The van der Waals surface area contributed by atoms with Crippen LogP contribution in [0.2, 0.25) is 0 Å². The maximum atomic E-state index is 12.7. The lowest BCUT2D eigenvalue weighted by atomic mass is 9.84. The second kappa shape index (κ2) is 7.61. The molecule has 0 bridgehead atoms. The molecule has 0 saturated carbocycles. The predicted octanol–water partition coefficient (Wildman–Crippen LogP) is 3.21. The van der Waals surface area contributed by atoms with Gasteiger partial charge in [0.25, 0.3) is 11.8 Å². The standard InChI is InChI=1S/C21H22N2O4/c1-5-14-12(2)15-10-9-13(11-17(15)23-20(14)24)22-21(25)16-7-6-8-18(26-3)19(16)27-4/h6-11,15H,5H2,1-4H3,(H,23,24). The van der Waals surface area contributed by atoms with Crippen molar-refractivity contribution < 1.29 is 19.1 Å².